The van der Waals surface area contributed by atoms with Crippen molar-refractivity contribution in [2.75, 3.05) is 5.32 Å². The minimum Gasteiger partial charge on any atom is -0.463 e. The molecule has 0 unspecified atom stereocenters. The highest BCUT2D eigenvalue weighted by atomic mass is 35.5. The number of nitrogens with one attached hydrogen (secondary N) is 1. The van der Waals surface area contributed by atoms with Gasteiger partial charge >= 0.3 is 0 Å². The molecular weight excluding hydrogens is 385 g/mol. The highest BCUT2D eigenvalue weighted by Gasteiger charge is 2.17. The number of carbonyl (C=O) groups is 1. The largest absolute Gasteiger partial charge is 0.463 e. The predicted molar refractivity (Wildman–Crippen MR) is 105 cm³/mol. The number of carbonyl (C=O) groups excluding carboxylic acids is 1. The van der Waals surface area contributed by atoms with Crippen LogP contribution in [0.1, 0.15) is 12.5 Å². The summed E-state index contributed by atoms with van der Waals surface area (Å²) in [6, 6.07) is 13.2. The molecule has 0 saturated carbocycles. The van der Waals surface area contributed by atoms with Gasteiger partial charge in [-0.1, -0.05) is 17.7 Å². The molecule has 1 atom stereocenters. The number of rotatable bonds is 5. The molecule has 0 bridgehead atoms. The van der Waals surface area contributed by atoms with E-state index in [1.807, 2.05) is 6.92 Å². The number of aromatic nitrogens is 2. The van der Waals surface area contributed by atoms with Crippen molar-refractivity contribution in [3.63, 3.8) is 0 Å². The number of hydrogen-bond acceptors (Lipinski definition) is 4. The van der Waals surface area contributed by atoms with Crippen LogP contribution in [0.15, 0.2) is 59.4 Å². The predicted octanol–water partition coefficient (Wildman–Crippen LogP) is 3.74. The fourth-order valence-electron chi connectivity index (χ4n) is 2.45. The SMILES string of the molecule is Cc1ccc(Cl)cc1-n1nc(O[C@@H](C)C(=O)Nc2ccc(F)cc2)ccc1=O. The second kappa shape index (κ2) is 8.22. The van der Waals surface area contributed by atoms with Gasteiger partial charge in [0, 0.05) is 22.8 Å². The van der Waals surface area contributed by atoms with Gasteiger partial charge in [0.15, 0.2) is 6.10 Å². The third-order valence-electron chi connectivity index (χ3n) is 3.95. The summed E-state index contributed by atoms with van der Waals surface area (Å²) in [5.74, 6) is -0.740. The number of benzene rings is 2. The van der Waals surface area contributed by atoms with Crippen LogP contribution in [0.5, 0.6) is 5.88 Å². The molecule has 0 saturated heterocycles. The lowest BCUT2D eigenvalue weighted by atomic mass is 10.2. The summed E-state index contributed by atoms with van der Waals surface area (Å²) in [6.45, 7) is 3.37. The Labute approximate surface area is 165 Å². The molecule has 144 valence electrons. The van der Waals surface area contributed by atoms with Crippen molar-refractivity contribution in [2.24, 2.45) is 0 Å². The average Bonchev–Trinajstić information content (AvgIpc) is 2.67. The molecule has 2 aromatic carbocycles. The van der Waals surface area contributed by atoms with Crippen LogP contribution < -0.4 is 15.6 Å². The molecule has 0 aliphatic carbocycles. The number of ether oxygens (including phenoxy) is 1. The van der Waals surface area contributed by atoms with Gasteiger partial charge in [0.05, 0.1) is 5.69 Å². The maximum absolute atomic E-state index is 13.0. The van der Waals surface area contributed by atoms with E-state index >= 15 is 0 Å². The smallest absolute Gasteiger partial charge is 0.271 e. The summed E-state index contributed by atoms with van der Waals surface area (Å²) >= 11 is 6.02. The fourth-order valence-corrected chi connectivity index (χ4v) is 2.62. The molecule has 1 N–H and O–H groups in total. The van der Waals surface area contributed by atoms with E-state index in [1.165, 1.54) is 41.1 Å². The third kappa shape index (κ3) is 4.55. The first-order valence-electron chi connectivity index (χ1n) is 8.43. The maximum Gasteiger partial charge on any atom is 0.271 e. The Hall–Kier alpha value is -3.19. The molecule has 28 heavy (non-hydrogen) atoms. The molecule has 1 aromatic heterocycles. The van der Waals surface area contributed by atoms with Gasteiger partial charge in [-0.05, 0) is 55.8 Å². The molecule has 3 aromatic rings. The Balaban J connectivity index is 1.79. The molecule has 0 aliphatic rings. The quantitative estimate of drug-likeness (QED) is 0.706. The van der Waals surface area contributed by atoms with E-state index in [0.29, 0.717) is 16.4 Å². The summed E-state index contributed by atoms with van der Waals surface area (Å²) in [5, 5.41) is 7.26. The number of amides is 1. The van der Waals surface area contributed by atoms with Gasteiger partial charge in [-0.15, -0.1) is 5.10 Å². The number of halogens is 2. The molecule has 0 fully saturated rings. The van der Waals surface area contributed by atoms with Crippen molar-refractivity contribution < 1.29 is 13.9 Å². The first-order valence-corrected chi connectivity index (χ1v) is 8.81. The van der Waals surface area contributed by atoms with E-state index in [-0.39, 0.29) is 11.4 Å². The normalized spacial score (nSPS) is 11.7. The molecule has 6 nitrogen and oxygen atoms in total. The van der Waals surface area contributed by atoms with Gasteiger partial charge in [-0.25, -0.2) is 4.39 Å². The molecule has 0 spiro atoms. The van der Waals surface area contributed by atoms with Crippen LogP contribution in [-0.2, 0) is 4.79 Å². The van der Waals surface area contributed by atoms with Crippen LogP contribution in [0.25, 0.3) is 5.69 Å². The minimum absolute atomic E-state index is 0.0979. The number of anilines is 1. The monoisotopic (exact) mass is 401 g/mol. The van der Waals surface area contributed by atoms with E-state index in [2.05, 4.69) is 10.4 Å². The van der Waals surface area contributed by atoms with Crippen LogP contribution in [-0.4, -0.2) is 21.8 Å². The number of hydrogen-bond donors (Lipinski definition) is 1. The maximum atomic E-state index is 13.0. The first kappa shape index (κ1) is 19.6. The second-order valence-corrected chi connectivity index (χ2v) is 6.55. The fraction of sp³-hybridized carbons (Fsp3) is 0.150. The molecule has 3 rings (SSSR count). The Morgan fingerprint density at radius 1 is 1.18 bits per heavy atom. The molecular formula is C20H17ClFN3O3. The number of nitrogens with zero attached hydrogens (tertiary/aromatic N) is 2. The molecule has 8 heteroatoms. The molecule has 0 radical (unpaired) electrons. The zero-order valence-corrected chi connectivity index (χ0v) is 15.9. The van der Waals surface area contributed by atoms with Crippen LogP contribution in [0, 0.1) is 12.7 Å². The highest BCUT2D eigenvalue weighted by molar-refractivity contribution is 6.30. The van der Waals surface area contributed by atoms with E-state index in [0.717, 1.165) is 5.56 Å². The van der Waals surface area contributed by atoms with E-state index < -0.39 is 17.8 Å². The van der Waals surface area contributed by atoms with Crippen molar-refractivity contribution in [3.8, 4) is 11.6 Å². The van der Waals surface area contributed by atoms with Crippen molar-refractivity contribution in [1.29, 1.82) is 0 Å². The van der Waals surface area contributed by atoms with Gasteiger partial charge < -0.3 is 10.1 Å². The average molecular weight is 402 g/mol. The molecule has 1 heterocycles. The highest BCUT2D eigenvalue weighted by Crippen LogP contribution is 2.18. The first-order chi connectivity index (χ1) is 13.3. The zero-order valence-electron chi connectivity index (χ0n) is 15.1. The van der Waals surface area contributed by atoms with Crippen LogP contribution in [0.4, 0.5) is 10.1 Å². The van der Waals surface area contributed by atoms with Crippen molar-refractivity contribution in [3.05, 3.63) is 81.4 Å². The number of aryl methyl sites for hydroxylation is 1. The van der Waals surface area contributed by atoms with Gasteiger partial charge in [0.25, 0.3) is 11.5 Å². The Bertz CT molecular complexity index is 1070. The van der Waals surface area contributed by atoms with Crippen molar-refractivity contribution in [2.45, 2.75) is 20.0 Å². The summed E-state index contributed by atoms with van der Waals surface area (Å²) < 4.78 is 19.7. The lowest BCUT2D eigenvalue weighted by Gasteiger charge is -2.15. The summed E-state index contributed by atoms with van der Waals surface area (Å²) in [7, 11) is 0. The van der Waals surface area contributed by atoms with Crippen LogP contribution in [0.2, 0.25) is 5.02 Å². The lowest BCUT2D eigenvalue weighted by Crippen LogP contribution is -2.31. The zero-order chi connectivity index (χ0) is 20.3. The van der Waals surface area contributed by atoms with Crippen molar-refractivity contribution in [1.82, 2.24) is 9.78 Å². The van der Waals surface area contributed by atoms with E-state index in [4.69, 9.17) is 16.3 Å². The minimum atomic E-state index is -0.899. The lowest BCUT2D eigenvalue weighted by molar-refractivity contribution is -0.122. The second-order valence-electron chi connectivity index (χ2n) is 6.11. The van der Waals surface area contributed by atoms with Crippen LogP contribution in [0.3, 0.4) is 0 Å². The van der Waals surface area contributed by atoms with Crippen molar-refractivity contribution >= 4 is 23.2 Å². The Morgan fingerprint density at radius 3 is 2.61 bits per heavy atom. The topological polar surface area (TPSA) is 73.2 Å². The summed E-state index contributed by atoms with van der Waals surface area (Å²) in [4.78, 5) is 24.5. The molecule has 0 aliphatic heterocycles. The summed E-state index contributed by atoms with van der Waals surface area (Å²) in [5.41, 5.74) is 1.40. The van der Waals surface area contributed by atoms with Crippen LogP contribution >= 0.6 is 11.6 Å². The van der Waals surface area contributed by atoms with Gasteiger partial charge in [-0.3, -0.25) is 9.59 Å². The molecule has 1 amide bonds. The van der Waals surface area contributed by atoms with Gasteiger partial charge in [0.1, 0.15) is 5.82 Å². The van der Waals surface area contributed by atoms with E-state index in [1.54, 1.807) is 25.1 Å². The Morgan fingerprint density at radius 2 is 1.89 bits per heavy atom. The Kier molecular flexibility index (Phi) is 5.75. The third-order valence-corrected chi connectivity index (χ3v) is 4.19. The van der Waals surface area contributed by atoms with E-state index in [9.17, 15) is 14.0 Å². The standard InChI is InChI=1S/C20H17ClFN3O3/c1-12-3-4-14(21)11-17(12)25-19(26)10-9-18(24-25)28-13(2)20(27)23-16-7-5-15(22)6-8-16/h3-11,13H,1-2H3,(H,23,27)/t13-/m0/s1. The van der Waals surface area contributed by atoms with Gasteiger partial charge in [0.2, 0.25) is 5.88 Å². The summed E-state index contributed by atoms with van der Waals surface area (Å²) in [6.07, 6.45) is -0.899. The van der Waals surface area contributed by atoms with Gasteiger partial charge in [-0.2, -0.15) is 4.68 Å².